The zero-order chi connectivity index (χ0) is 13.0. The molecule has 0 aliphatic rings. The highest BCUT2D eigenvalue weighted by Gasteiger charge is 2.01. The molecule has 1 amide bonds. The van der Waals surface area contributed by atoms with Gasteiger partial charge in [-0.25, -0.2) is 4.99 Å². The fourth-order valence-corrected chi connectivity index (χ4v) is 1.56. The van der Waals surface area contributed by atoms with Crippen molar-refractivity contribution in [2.45, 2.75) is 13.8 Å². The van der Waals surface area contributed by atoms with Crippen molar-refractivity contribution in [2.24, 2.45) is 4.99 Å². The van der Waals surface area contributed by atoms with Gasteiger partial charge in [0, 0.05) is 11.8 Å². The van der Waals surface area contributed by atoms with Crippen molar-refractivity contribution in [3.63, 3.8) is 0 Å². The normalized spacial score (nSPS) is 10.8. The highest BCUT2D eigenvalue weighted by Crippen LogP contribution is 2.05. The molecule has 0 saturated carbocycles. The van der Waals surface area contributed by atoms with Gasteiger partial charge in [0.25, 0.3) is 5.91 Å². The first-order chi connectivity index (χ1) is 8.65. The molecule has 2 rings (SSSR count). The van der Waals surface area contributed by atoms with E-state index >= 15 is 0 Å². The molecule has 18 heavy (non-hydrogen) atoms. The molecule has 0 spiro atoms. The summed E-state index contributed by atoms with van der Waals surface area (Å²) in [5.41, 5.74) is 3.87. The van der Waals surface area contributed by atoms with Crippen LogP contribution < -0.4 is 0 Å². The first kappa shape index (κ1) is 12.2. The van der Waals surface area contributed by atoms with Gasteiger partial charge in [0.2, 0.25) is 0 Å². The third-order valence-corrected chi connectivity index (χ3v) is 2.71. The molecule has 0 radical (unpaired) electrons. The van der Waals surface area contributed by atoms with Crippen LogP contribution >= 0.6 is 0 Å². The molecule has 2 heteroatoms. The Balaban J connectivity index is 2.11. The molecule has 90 valence electrons. The SMILES string of the molecule is Cc1ccc(C=NC(=O)c2ccc(C)cc2)cc1. The number of benzene rings is 2. The number of rotatable bonds is 2. The molecular formula is C16H15NO. The topological polar surface area (TPSA) is 29.4 Å². The minimum atomic E-state index is -0.212. The highest BCUT2D eigenvalue weighted by atomic mass is 16.1. The molecule has 2 nitrogen and oxygen atoms in total. The number of nitrogens with zero attached hydrogens (tertiary/aromatic N) is 1. The Bertz CT molecular complexity index is 565. The highest BCUT2D eigenvalue weighted by molar-refractivity contribution is 6.01. The summed E-state index contributed by atoms with van der Waals surface area (Å²) in [4.78, 5) is 15.8. The molecule has 0 N–H and O–H groups in total. The minimum Gasteiger partial charge on any atom is -0.267 e. The van der Waals surface area contributed by atoms with E-state index in [4.69, 9.17) is 0 Å². The van der Waals surface area contributed by atoms with Gasteiger partial charge in [-0.2, -0.15) is 0 Å². The molecule has 0 atom stereocenters. The van der Waals surface area contributed by atoms with Crippen LogP contribution in [0.1, 0.15) is 27.0 Å². The maximum absolute atomic E-state index is 11.8. The third kappa shape index (κ3) is 3.14. The van der Waals surface area contributed by atoms with E-state index < -0.39 is 0 Å². The number of amides is 1. The van der Waals surface area contributed by atoms with Crippen molar-refractivity contribution in [2.75, 3.05) is 0 Å². The van der Waals surface area contributed by atoms with Crippen LogP contribution in [0.15, 0.2) is 53.5 Å². The fourth-order valence-electron chi connectivity index (χ4n) is 1.56. The fraction of sp³-hybridized carbons (Fsp3) is 0.125. The number of aliphatic imine (C=N–C) groups is 1. The van der Waals surface area contributed by atoms with Crippen LogP contribution in [0.2, 0.25) is 0 Å². The van der Waals surface area contributed by atoms with Crippen LogP contribution in [-0.4, -0.2) is 12.1 Å². The first-order valence-corrected chi connectivity index (χ1v) is 5.87. The van der Waals surface area contributed by atoms with Crippen molar-refractivity contribution >= 4 is 12.1 Å². The maximum atomic E-state index is 11.8. The standard InChI is InChI=1S/C16H15NO/c1-12-3-7-14(8-4-12)11-17-16(18)15-9-5-13(2)6-10-15/h3-11H,1-2H3. The van der Waals surface area contributed by atoms with Gasteiger partial charge in [0.1, 0.15) is 0 Å². The van der Waals surface area contributed by atoms with Crippen LogP contribution in [0.25, 0.3) is 0 Å². The Labute approximate surface area is 107 Å². The van der Waals surface area contributed by atoms with Crippen LogP contribution in [0.4, 0.5) is 0 Å². The number of aryl methyl sites for hydroxylation is 2. The summed E-state index contributed by atoms with van der Waals surface area (Å²) in [5, 5.41) is 0. The summed E-state index contributed by atoms with van der Waals surface area (Å²) in [5.74, 6) is -0.212. The number of hydrogen-bond acceptors (Lipinski definition) is 1. The molecule has 0 saturated heterocycles. The Morgan fingerprint density at radius 1 is 0.889 bits per heavy atom. The van der Waals surface area contributed by atoms with Crippen molar-refractivity contribution in [3.8, 4) is 0 Å². The lowest BCUT2D eigenvalue weighted by Gasteiger charge is -1.97. The lowest BCUT2D eigenvalue weighted by atomic mass is 10.1. The average molecular weight is 237 g/mol. The largest absolute Gasteiger partial charge is 0.276 e. The number of hydrogen-bond donors (Lipinski definition) is 0. The van der Waals surface area contributed by atoms with Gasteiger partial charge in [-0.3, -0.25) is 4.79 Å². The lowest BCUT2D eigenvalue weighted by Crippen LogP contribution is -1.95. The van der Waals surface area contributed by atoms with Crippen LogP contribution in [0.5, 0.6) is 0 Å². The second-order valence-corrected chi connectivity index (χ2v) is 4.34. The Kier molecular flexibility index (Phi) is 3.68. The van der Waals surface area contributed by atoms with E-state index in [-0.39, 0.29) is 5.91 Å². The van der Waals surface area contributed by atoms with Crippen molar-refractivity contribution in [1.29, 1.82) is 0 Å². The quantitative estimate of drug-likeness (QED) is 0.734. The maximum Gasteiger partial charge on any atom is 0.276 e. The van der Waals surface area contributed by atoms with Gasteiger partial charge in [-0.15, -0.1) is 0 Å². The molecule has 0 aromatic heterocycles. The summed E-state index contributed by atoms with van der Waals surface area (Å²) < 4.78 is 0. The summed E-state index contributed by atoms with van der Waals surface area (Å²) in [6.07, 6.45) is 1.60. The van der Waals surface area contributed by atoms with E-state index in [0.717, 1.165) is 11.1 Å². The van der Waals surface area contributed by atoms with Crippen molar-refractivity contribution < 1.29 is 4.79 Å². The summed E-state index contributed by atoms with van der Waals surface area (Å²) >= 11 is 0. The van der Waals surface area contributed by atoms with Gasteiger partial charge in [-0.1, -0.05) is 47.5 Å². The van der Waals surface area contributed by atoms with E-state index in [0.29, 0.717) is 5.56 Å². The summed E-state index contributed by atoms with van der Waals surface area (Å²) in [6.45, 7) is 4.02. The monoisotopic (exact) mass is 237 g/mol. The van der Waals surface area contributed by atoms with Gasteiger partial charge in [0.05, 0.1) is 0 Å². The van der Waals surface area contributed by atoms with Crippen molar-refractivity contribution in [3.05, 3.63) is 70.8 Å². The third-order valence-electron chi connectivity index (χ3n) is 2.71. The predicted molar refractivity (Wildman–Crippen MR) is 74.3 cm³/mol. The number of carbonyl (C=O) groups is 1. The Hall–Kier alpha value is -2.22. The number of carbonyl (C=O) groups excluding carboxylic acids is 1. The van der Waals surface area contributed by atoms with Gasteiger partial charge in [0.15, 0.2) is 0 Å². The molecule has 0 unspecified atom stereocenters. The van der Waals surface area contributed by atoms with Crippen LogP contribution in [-0.2, 0) is 0 Å². The average Bonchev–Trinajstić information content (AvgIpc) is 2.38. The first-order valence-electron chi connectivity index (χ1n) is 5.87. The van der Waals surface area contributed by atoms with E-state index in [1.54, 1.807) is 18.3 Å². The van der Waals surface area contributed by atoms with E-state index in [1.807, 2.05) is 50.2 Å². The minimum absolute atomic E-state index is 0.212. The second kappa shape index (κ2) is 5.41. The van der Waals surface area contributed by atoms with Crippen LogP contribution in [0.3, 0.4) is 0 Å². The second-order valence-electron chi connectivity index (χ2n) is 4.34. The van der Waals surface area contributed by atoms with Gasteiger partial charge < -0.3 is 0 Å². The van der Waals surface area contributed by atoms with E-state index in [2.05, 4.69) is 4.99 Å². The smallest absolute Gasteiger partial charge is 0.267 e. The van der Waals surface area contributed by atoms with Crippen molar-refractivity contribution in [1.82, 2.24) is 0 Å². The zero-order valence-corrected chi connectivity index (χ0v) is 10.6. The molecular weight excluding hydrogens is 222 g/mol. The van der Waals surface area contributed by atoms with Gasteiger partial charge in [-0.05, 0) is 31.5 Å². The molecule has 0 aliphatic carbocycles. The zero-order valence-electron chi connectivity index (χ0n) is 10.6. The molecule has 0 aliphatic heterocycles. The summed E-state index contributed by atoms with van der Waals surface area (Å²) in [7, 11) is 0. The van der Waals surface area contributed by atoms with Gasteiger partial charge >= 0.3 is 0 Å². The molecule has 0 fully saturated rings. The molecule has 0 bridgehead atoms. The molecule has 2 aromatic rings. The van der Waals surface area contributed by atoms with E-state index in [9.17, 15) is 4.79 Å². The van der Waals surface area contributed by atoms with E-state index in [1.165, 1.54) is 5.56 Å². The Morgan fingerprint density at radius 2 is 1.39 bits per heavy atom. The molecule has 2 aromatic carbocycles. The predicted octanol–water partition coefficient (Wildman–Crippen LogP) is 3.56. The van der Waals surface area contributed by atoms with Crippen LogP contribution in [0, 0.1) is 13.8 Å². The Morgan fingerprint density at radius 3 is 1.94 bits per heavy atom. The lowest BCUT2D eigenvalue weighted by molar-refractivity contribution is 0.100. The molecule has 0 heterocycles. The summed E-state index contributed by atoms with van der Waals surface area (Å²) in [6, 6.07) is 15.3.